The average Bonchev–Trinajstić information content (AvgIpc) is 3.19. The van der Waals surface area contributed by atoms with Crippen LogP contribution in [0.5, 0.6) is 0 Å². The van der Waals surface area contributed by atoms with Crippen molar-refractivity contribution in [2.75, 3.05) is 26.4 Å². The number of carbonyl (C=O) groups excluding carboxylic acids is 1. The second-order valence-corrected chi connectivity index (χ2v) is 17.8. The number of aliphatic hydroxyl groups is 3. The first-order valence-electron chi connectivity index (χ1n) is 23.8. The van der Waals surface area contributed by atoms with Gasteiger partial charge in [0.05, 0.1) is 19.8 Å². The minimum atomic E-state index is -5.05. The van der Waals surface area contributed by atoms with Crippen LogP contribution in [0.4, 0.5) is 0 Å². The van der Waals surface area contributed by atoms with Crippen molar-refractivity contribution in [1.82, 2.24) is 0 Å². The van der Waals surface area contributed by atoms with Crippen LogP contribution in [0.15, 0.2) is 0 Å². The van der Waals surface area contributed by atoms with Crippen molar-refractivity contribution >= 4 is 16.4 Å². The number of hydrogen-bond acceptors (Lipinski definition) is 11. The maximum atomic E-state index is 12.8. The van der Waals surface area contributed by atoms with Crippen LogP contribution in [0.2, 0.25) is 0 Å². The molecular weight excluding hydrogens is 765 g/mol. The Bertz CT molecular complexity index is 1030. The molecule has 0 amide bonds. The van der Waals surface area contributed by atoms with Crippen LogP contribution in [0.3, 0.4) is 0 Å². The Balaban J connectivity index is 2.29. The van der Waals surface area contributed by atoms with E-state index in [-0.39, 0.29) is 19.6 Å². The van der Waals surface area contributed by atoms with Crippen LogP contribution in [-0.4, -0.2) is 97.5 Å². The summed E-state index contributed by atoms with van der Waals surface area (Å²) >= 11 is 0. The molecule has 0 bridgehead atoms. The molecule has 12 nitrogen and oxygen atoms in total. The van der Waals surface area contributed by atoms with Gasteiger partial charge in [-0.05, 0) is 12.8 Å². The average molecular weight is 853 g/mol. The fourth-order valence-corrected chi connectivity index (χ4v) is 8.12. The summed E-state index contributed by atoms with van der Waals surface area (Å²) in [6, 6.07) is 0. The topological polar surface area (TPSA) is 178 Å². The molecule has 0 aromatic heterocycles. The van der Waals surface area contributed by atoms with E-state index in [2.05, 4.69) is 18.0 Å². The third-order valence-electron chi connectivity index (χ3n) is 11.2. The highest BCUT2D eigenvalue weighted by Gasteiger charge is 2.48. The number of esters is 1. The van der Waals surface area contributed by atoms with Gasteiger partial charge < -0.3 is 34.3 Å². The highest BCUT2D eigenvalue weighted by atomic mass is 32.3. The molecule has 0 aliphatic carbocycles. The van der Waals surface area contributed by atoms with Gasteiger partial charge in [-0.1, -0.05) is 200 Å². The molecule has 1 aliphatic rings. The lowest BCUT2D eigenvalue weighted by Gasteiger charge is -2.41. The van der Waals surface area contributed by atoms with Gasteiger partial charge in [-0.2, -0.15) is 8.42 Å². The van der Waals surface area contributed by atoms with E-state index >= 15 is 0 Å². The molecule has 0 radical (unpaired) electrons. The molecule has 0 aromatic carbocycles. The Morgan fingerprint density at radius 2 is 0.983 bits per heavy atom. The van der Waals surface area contributed by atoms with Gasteiger partial charge in [0.1, 0.15) is 30.5 Å². The van der Waals surface area contributed by atoms with Gasteiger partial charge in [-0.15, -0.1) is 0 Å². The summed E-state index contributed by atoms with van der Waals surface area (Å²) in [5, 5.41) is 30.6. The summed E-state index contributed by atoms with van der Waals surface area (Å²) in [5.74, 6) is -0.397. The third kappa shape index (κ3) is 31.0. The van der Waals surface area contributed by atoms with Gasteiger partial charge in [0.15, 0.2) is 6.29 Å². The lowest BCUT2D eigenvalue weighted by molar-refractivity contribution is -0.301. The van der Waals surface area contributed by atoms with Crippen LogP contribution in [0.25, 0.3) is 0 Å². The summed E-state index contributed by atoms with van der Waals surface area (Å²) in [6.07, 6.45) is 30.2. The molecule has 58 heavy (non-hydrogen) atoms. The van der Waals surface area contributed by atoms with E-state index in [1.807, 2.05) is 0 Å². The highest BCUT2D eigenvalue weighted by molar-refractivity contribution is 7.80. The van der Waals surface area contributed by atoms with Crippen molar-refractivity contribution in [2.24, 2.45) is 0 Å². The molecule has 0 saturated carbocycles. The lowest BCUT2D eigenvalue weighted by Crippen LogP contribution is -2.60. The normalized spacial score (nSPS) is 20.4. The zero-order valence-electron chi connectivity index (χ0n) is 36.9. The van der Waals surface area contributed by atoms with Crippen molar-refractivity contribution in [3.8, 4) is 0 Å². The van der Waals surface area contributed by atoms with Gasteiger partial charge in [0.2, 0.25) is 0 Å². The van der Waals surface area contributed by atoms with Crippen molar-refractivity contribution in [3.63, 3.8) is 0 Å². The maximum Gasteiger partial charge on any atom is 0.397 e. The van der Waals surface area contributed by atoms with Crippen molar-refractivity contribution in [3.05, 3.63) is 0 Å². The summed E-state index contributed by atoms with van der Waals surface area (Å²) < 4.78 is 59.0. The van der Waals surface area contributed by atoms with Crippen LogP contribution < -0.4 is 0 Å². The van der Waals surface area contributed by atoms with E-state index in [0.29, 0.717) is 13.0 Å². The Kier molecular flexibility index (Phi) is 35.9. The first-order valence-corrected chi connectivity index (χ1v) is 25.2. The van der Waals surface area contributed by atoms with Crippen LogP contribution in [0, 0.1) is 0 Å². The molecular formula is C45H88O12S. The molecule has 0 aromatic rings. The molecule has 1 fully saturated rings. The summed E-state index contributed by atoms with van der Waals surface area (Å²) in [5.41, 5.74) is 0. The van der Waals surface area contributed by atoms with Gasteiger partial charge in [-0.3, -0.25) is 9.35 Å². The quantitative estimate of drug-likeness (QED) is 0.0260. The van der Waals surface area contributed by atoms with E-state index in [0.717, 1.165) is 38.5 Å². The zero-order chi connectivity index (χ0) is 42.5. The van der Waals surface area contributed by atoms with E-state index in [1.54, 1.807) is 0 Å². The van der Waals surface area contributed by atoms with Crippen molar-refractivity contribution in [2.45, 2.75) is 256 Å². The smallest absolute Gasteiger partial charge is 0.397 e. The van der Waals surface area contributed by atoms with Crippen LogP contribution in [0.1, 0.15) is 219 Å². The summed E-state index contributed by atoms with van der Waals surface area (Å²) in [6.45, 7) is 4.00. The second-order valence-electron chi connectivity index (χ2n) is 16.7. The molecule has 1 rings (SSSR count). The second kappa shape index (κ2) is 37.8. The molecule has 1 heterocycles. The fourth-order valence-electron chi connectivity index (χ4n) is 7.62. The largest absolute Gasteiger partial charge is 0.457 e. The number of ether oxygens (including phenoxy) is 4. The Hall–Kier alpha value is -0.900. The number of carbonyl (C=O) groups is 1. The van der Waals surface area contributed by atoms with Gasteiger partial charge in [-0.25, -0.2) is 4.18 Å². The first kappa shape index (κ1) is 55.1. The zero-order valence-corrected chi connectivity index (χ0v) is 37.7. The summed E-state index contributed by atoms with van der Waals surface area (Å²) in [4.78, 5) is 12.8. The molecule has 13 heteroatoms. The van der Waals surface area contributed by atoms with Crippen LogP contribution >= 0.6 is 0 Å². The Morgan fingerprint density at radius 1 is 0.586 bits per heavy atom. The lowest BCUT2D eigenvalue weighted by atomic mass is 9.99. The van der Waals surface area contributed by atoms with E-state index in [9.17, 15) is 28.5 Å². The van der Waals surface area contributed by atoms with E-state index in [1.165, 1.54) is 154 Å². The minimum Gasteiger partial charge on any atom is -0.457 e. The number of unbranched alkanes of at least 4 members (excludes halogenated alkanes) is 29. The number of aliphatic hydroxyl groups excluding tert-OH is 3. The predicted octanol–water partition coefficient (Wildman–Crippen LogP) is 10.1. The molecule has 1 saturated heterocycles. The highest BCUT2D eigenvalue weighted by Crippen LogP contribution is 2.26. The van der Waals surface area contributed by atoms with E-state index in [4.69, 9.17) is 23.5 Å². The van der Waals surface area contributed by atoms with E-state index < -0.39 is 59.8 Å². The first-order chi connectivity index (χ1) is 28.1. The van der Waals surface area contributed by atoms with Gasteiger partial charge in [0, 0.05) is 13.0 Å². The summed E-state index contributed by atoms with van der Waals surface area (Å²) in [7, 11) is -5.05. The van der Waals surface area contributed by atoms with Crippen molar-refractivity contribution < 1.29 is 56.2 Å². The van der Waals surface area contributed by atoms with Gasteiger partial charge in [0.25, 0.3) is 0 Å². The molecule has 6 unspecified atom stereocenters. The fraction of sp³-hybridized carbons (Fsp3) is 0.978. The van der Waals surface area contributed by atoms with Crippen molar-refractivity contribution in [1.29, 1.82) is 0 Å². The number of rotatable bonds is 42. The Labute approximate surface area is 354 Å². The molecule has 4 N–H and O–H groups in total. The number of hydrogen-bond donors (Lipinski definition) is 4. The van der Waals surface area contributed by atoms with Gasteiger partial charge >= 0.3 is 16.4 Å². The molecule has 1 aliphatic heterocycles. The SMILES string of the molecule is CCCCCCCCCCCCCCCCCCCCCCCCOCC(COC1OC(CO)C(O)C(OS(=O)(=O)O)C1O)OC(=O)CCCCCCCCCCC. The molecule has 6 atom stereocenters. The van der Waals surface area contributed by atoms with Crippen LogP contribution in [-0.2, 0) is 38.3 Å². The standard InChI is InChI=1S/C45H88O12S/c1-3-5-7-9-11-13-14-15-16-17-18-19-20-21-22-23-24-25-27-29-31-33-35-53-37-39(55-41(47)34-32-30-28-26-12-10-8-6-4-2)38-54-45-43(49)44(57-58(50,51)52)42(48)40(36-46)56-45/h39-40,42-46,48-49H,3-38H2,1-2H3,(H,50,51,52). The predicted molar refractivity (Wildman–Crippen MR) is 230 cm³/mol. The molecule has 346 valence electrons. The third-order valence-corrected chi connectivity index (χ3v) is 11.7. The Morgan fingerprint density at radius 3 is 1.38 bits per heavy atom. The monoisotopic (exact) mass is 853 g/mol. The molecule has 0 spiro atoms. The minimum absolute atomic E-state index is 0.0442. The maximum absolute atomic E-state index is 12.8.